The molecule has 0 aliphatic rings. The van der Waals surface area contributed by atoms with Crippen LogP contribution in [0.1, 0.15) is 18.4 Å². The number of aromatic nitrogens is 3. The lowest BCUT2D eigenvalue weighted by molar-refractivity contribution is -0.330. The molecule has 6 heteroatoms. The highest BCUT2D eigenvalue weighted by Gasteiger charge is 2.14. The van der Waals surface area contributed by atoms with Gasteiger partial charge in [0.05, 0.1) is 5.51 Å². The van der Waals surface area contributed by atoms with Crippen molar-refractivity contribution in [3.8, 4) is 11.5 Å². The number of aromatic amines is 2. The second-order valence-corrected chi connectivity index (χ2v) is 6.87. The van der Waals surface area contributed by atoms with Crippen LogP contribution in [-0.4, -0.2) is 15.9 Å². The molecule has 0 spiro atoms. The molecule has 0 aliphatic carbocycles. The van der Waals surface area contributed by atoms with Gasteiger partial charge in [0.25, 0.3) is 0 Å². The molecule has 1 amide bonds. The number of fused-ring (bicyclic) bond motifs is 1. The summed E-state index contributed by atoms with van der Waals surface area (Å²) in [6.07, 6.45) is 2.26. The molecule has 4 rings (SSSR count). The molecule has 0 saturated heterocycles. The number of H-pyrrole nitrogens is 2. The Labute approximate surface area is 155 Å². The Hall–Kier alpha value is -2.99. The van der Waals surface area contributed by atoms with E-state index in [1.54, 1.807) is 16.8 Å². The minimum Gasteiger partial charge on any atom is -0.326 e. The van der Waals surface area contributed by atoms with Crippen LogP contribution >= 0.6 is 11.3 Å². The van der Waals surface area contributed by atoms with Crippen molar-refractivity contribution in [2.45, 2.75) is 19.3 Å². The van der Waals surface area contributed by atoms with Crippen LogP contribution in [0.5, 0.6) is 0 Å². The number of nitrogens with zero attached hydrogens (tertiary/aromatic N) is 1. The molecule has 0 bridgehead atoms. The third-order valence-electron chi connectivity index (χ3n) is 4.22. The predicted octanol–water partition coefficient (Wildman–Crippen LogP) is 4.07. The van der Waals surface area contributed by atoms with Crippen LogP contribution in [0.4, 0.5) is 5.69 Å². The fraction of sp³-hybridized carbons (Fsp3) is 0.150. The molecule has 0 saturated carbocycles. The molecule has 3 N–H and O–H groups in total. The molecule has 0 aliphatic heterocycles. The summed E-state index contributed by atoms with van der Waals surface area (Å²) in [7, 11) is 0. The van der Waals surface area contributed by atoms with E-state index in [1.807, 2.05) is 41.8 Å². The quantitative estimate of drug-likeness (QED) is 0.542. The summed E-state index contributed by atoms with van der Waals surface area (Å²) in [6, 6.07) is 16.0. The molecule has 2 aromatic carbocycles. The highest BCUT2D eigenvalue weighted by molar-refractivity contribution is 7.07. The normalized spacial score (nSPS) is 10.9. The Bertz CT molecular complexity index is 1010. The Morgan fingerprint density at radius 3 is 2.88 bits per heavy atom. The Morgan fingerprint density at radius 1 is 1.19 bits per heavy atom. The number of carbonyl (C=O) groups excluding carboxylic acids is 1. The number of amides is 1. The first-order chi connectivity index (χ1) is 12.8. The summed E-state index contributed by atoms with van der Waals surface area (Å²) in [4.78, 5) is 23.1. The summed E-state index contributed by atoms with van der Waals surface area (Å²) in [6.45, 7) is 0. The smallest absolute Gasteiger partial charge is 0.305 e. The van der Waals surface area contributed by atoms with Crippen molar-refractivity contribution >= 4 is 34.0 Å². The first kappa shape index (κ1) is 16.5. The van der Waals surface area contributed by atoms with Crippen LogP contribution in [-0.2, 0) is 11.2 Å². The molecular weight excluding hydrogens is 344 g/mol. The standard InChI is InChI=1S/C20H18N4OS/c25-19(8-4-7-14-5-2-1-3-6-14)22-15-9-10-16-17(11-15)24-20(23-16)18-12-26-13-21-18/h1-3,5-6,9-13H,4,7-8H2,(H,22,25)(H,23,24)/p+1. The average Bonchev–Trinajstić information content (AvgIpc) is 3.31. The summed E-state index contributed by atoms with van der Waals surface area (Å²) in [5, 5.41) is 4.96. The minimum atomic E-state index is 0.0375. The van der Waals surface area contributed by atoms with Crippen LogP contribution in [0, 0.1) is 0 Å². The SMILES string of the molecule is O=C(CCCc1ccccc1)Nc1ccc2[nH+]c(-c3cscn3)[nH]c2c1. The minimum absolute atomic E-state index is 0.0375. The first-order valence-electron chi connectivity index (χ1n) is 8.55. The summed E-state index contributed by atoms with van der Waals surface area (Å²) >= 11 is 1.55. The van der Waals surface area contributed by atoms with Crippen molar-refractivity contribution in [2.75, 3.05) is 5.32 Å². The zero-order chi connectivity index (χ0) is 17.8. The highest BCUT2D eigenvalue weighted by atomic mass is 32.1. The fourth-order valence-electron chi connectivity index (χ4n) is 2.92. The van der Waals surface area contributed by atoms with Crippen LogP contribution in [0.15, 0.2) is 59.4 Å². The van der Waals surface area contributed by atoms with E-state index < -0.39 is 0 Å². The van der Waals surface area contributed by atoms with E-state index in [4.69, 9.17) is 0 Å². The third-order valence-corrected chi connectivity index (χ3v) is 4.81. The van der Waals surface area contributed by atoms with E-state index in [9.17, 15) is 4.79 Å². The van der Waals surface area contributed by atoms with Crippen LogP contribution < -0.4 is 10.3 Å². The number of nitrogens with one attached hydrogen (secondary N) is 3. The van der Waals surface area contributed by atoms with E-state index in [0.29, 0.717) is 6.42 Å². The first-order valence-corrected chi connectivity index (χ1v) is 9.49. The fourth-order valence-corrected chi connectivity index (χ4v) is 3.46. The van der Waals surface area contributed by atoms with E-state index in [0.717, 1.165) is 41.1 Å². The second-order valence-electron chi connectivity index (χ2n) is 6.15. The number of carbonyl (C=O) groups is 1. The van der Waals surface area contributed by atoms with Crippen molar-refractivity contribution in [1.29, 1.82) is 0 Å². The zero-order valence-corrected chi connectivity index (χ0v) is 15.0. The Morgan fingerprint density at radius 2 is 2.08 bits per heavy atom. The molecule has 2 aromatic heterocycles. The number of benzene rings is 2. The van der Waals surface area contributed by atoms with Crippen molar-refractivity contribution in [3.63, 3.8) is 0 Å². The van der Waals surface area contributed by atoms with Gasteiger partial charge in [-0.2, -0.15) is 0 Å². The summed E-state index contributed by atoms with van der Waals surface area (Å²) in [5.74, 6) is 0.906. The van der Waals surface area contributed by atoms with E-state index in [2.05, 4.69) is 32.4 Å². The van der Waals surface area contributed by atoms with Crippen molar-refractivity contribution in [2.24, 2.45) is 0 Å². The molecule has 2 heterocycles. The van der Waals surface area contributed by atoms with Crippen LogP contribution in [0.3, 0.4) is 0 Å². The number of hydrogen-bond acceptors (Lipinski definition) is 3. The monoisotopic (exact) mass is 363 g/mol. The topological polar surface area (TPSA) is 71.9 Å². The maximum atomic E-state index is 12.2. The van der Waals surface area contributed by atoms with Gasteiger partial charge in [0, 0.05) is 23.6 Å². The van der Waals surface area contributed by atoms with Gasteiger partial charge >= 0.3 is 5.82 Å². The van der Waals surface area contributed by atoms with Gasteiger partial charge in [-0.05, 0) is 30.5 Å². The van der Waals surface area contributed by atoms with Gasteiger partial charge in [-0.3, -0.25) is 4.79 Å². The van der Waals surface area contributed by atoms with Crippen molar-refractivity contribution in [1.82, 2.24) is 9.97 Å². The number of aryl methyl sites for hydroxylation is 1. The molecule has 130 valence electrons. The van der Waals surface area contributed by atoms with Crippen LogP contribution in [0.2, 0.25) is 0 Å². The van der Waals surface area contributed by atoms with Gasteiger partial charge in [-0.1, -0.05) is 30.3 Å². The molecule has 0 atom stereocenters. The van der Waals surface area contributed by atoms with Crippen molar-refractivity contribution < 1.29 is 9.78 Å². The van der Waals surface area contributed by atoms with Gasteiger partial charge in [-0.15, -0.1) is 11.3 Å². The van der Waals surface area contributed by atoms with Crippen molar-refractivity contribution in [3.05, 3.63) is 65.0 Å². The third kappa shape index (κ3) is 3.81. The summed E-state index contributed by atoms with van der Waals surface area (Å²) < 4.78 is 0. The van der Waals surface area contributed by atoms with E-state index in [-0.39, 0.29) is 5.91 Å². The van der Waals surface area contributed by atoms with E-state index in [1.165, 1.54) is 5.56 Å². The lowest BCUT2D eigenvalue weighted by atomic mass is 10.1. The largest absolute Gasteiger partial charge is 0.326 e. The van der Waals surface area contributed by atoms with Crippen LogP contribution in [0.25, 0.3) is 22.6 Å². The lowest BCUT2D eigenvalue weighted by Crippen LogP contribution is -2.11. The molecule has 0 radical (unpaired) electrons. The molecule has 5 nitrogen and oxygen atoms in total. The Kier molecular flexibility index (Phi) is 4.75. The lowest BCUT2D eigenvalue weighted by Gasteiger charge is -2.05. The number of anilines is 1. The number of thiazole rings is 1. The molecule has 0 fully saturated rings. The number of rotatable bonds is 6. The molecular formula is C20H19N4OS+. The van der Waals surface area contributed by atoms with Gasteiger partial charge in [0.1, 0.15) is 0 Å². The maximum Gasteiger partial charge on any atom is 0.305 e. The second kappa shape index (κ2) is 7.49. The molecule has 4 aromatic rings. The highest BCUT2D eigenvalue weighted by Crippen LogP contribution is 2.20. The van der Waals surface area contributed by atoms with E-state index >= 15 is 0 Å². The number of hydrogen-bond donors (Lipinski definition) is 2. The predicted molar refractivity (Wildman–Crippen MR) is 104 cm³/mol. The molecule has 0 unspecified atom stereocenters. The average molecular weight is 363 g/mol. The molecule has 26 heavy (non-hydrogen) atoms. The van der Waals surface area contributed by atoms with Gasteiger partial charge < -0.3 is 5.32 Å². The Balaban J connectivity index is 1.38. The zero-order valence-electron chi connectivity index (χ0n) is 14.2. The van der Waals surface area contributed by atoms with Gasteiger partial charge in [-0.25, -0.2) is 15.0 Å². The van der Waals surface area contributed by atoms with Gasteiger partial charge in [0.2, 0.25) is 5.91 Å². The maximum absolute atomic E-state index is 12.2. The van der Waals surface area contributed by atoms with Gasteiger partial charge in [0.15, 0.2) is 16.7 Å². The summed E-state index contributed by atoms with van der Waals surface area (Å²) in [5.41, 5.74) is 6.67. The number of imidazole rings is 1.